The Morgan fingerprint density at radius 2 is 1.71 bits per heavy atom. The van der Waals surface area contributed by atoms with Crippen LogP contribution < -0.4 is 15.4 Å². The van der Waals surface area contributed by atoms with Crippen molar-refractivity contribution in [2.75, 3.05) is 43.9 Å². The number of allylic oxidation sites excluding steroid dienone is 1. The van der Waals surface area contributed by atoms with Crippen molar-refractivity contribution in [2.45, 2.75) is 0 Å². The predicted molar refractivity (Wildman–Crippen MR) is 129 cm³/mol. The maximum Gasteiger partial charge on any atom is 0.246 e. The first-order valence-corrected chi connectivity index (χ1v) is 10.8. The van der Waals surface area contributed by atoms with E-state index >= 15 is 0 Å². The van der Waals surface area contributed by atoms with Gasteiger partial charge in [-0.25, -0.2) is 0 Å². The Balaban J connectivity index is 1.38. The summed E-state index contributed by atoms with van der Waals surface area (Å²) in [4.78, 5) is 28.6. The molecule has 3 aromatic rings. The van der Waals surface area contributed by atoms with Crippen molar-refractivity contribution in [3.05, 3.63) is 72.3 Å². The van der Waals surface area contributed by atoms with Crippen molar-refractivity contribution < 1.29 is 19.4 Å². The molecule has 1 aliphatic heterocycles. The minimum absolute atomic E-state index is 0.110. The van der Waals surface area contributed by atoms with Gasteiger partial charge >= 0.3 is 0 Å². The normalized spacial score (nSPS) is 13.8. The second-order valence-electron chi connectivity index (χ2n) is 7.76. The SMILES string of the molecule is COc1ccc(C(=O)/C=C/C(=O)N2CCN(c3cc(-c4ccccc4O)nnc3N)CC2)cc1. The number of phenols is 1. The molecule has 0 saturated carbocycles. The molecule has 9 nitrogen and oxygen atoms in total. The number of aromatic hydroxyl groups is 1. The van der Waals surface area contributed by atoms with Crippen molar-refractivity contribution in [3.63, 3.8) is 0 Å². The van der Waals surface area contributed by atoms with Gasteiger partial charge in [0.15, 0.2) is 11.6 Å². The smallest absolute Gasteiger partial charge is 0.246 e. The summed E-state index contributed by atoms with van der Waals surface area (Å²) in [6.45, 7) is 2.02. The van der Waals surface area contributed by atoms with E-state index in [2.05, 4.69) is 10.2 Å². The van der Waals surface area contributed by atoms with Crippen LogP contribution in [0.2, 0.25) is 0 Å². The molecule has 0 atom stereocenters. The number of carbonyl (C=O) groups excluding carboxylic acids is 2. The van der Waals surface area contributed by atoms with Gasteiger partial charge in [0.05, 0.1) is 18.5 Å². The first kappa shape index (κ1) is 22.8. The quantitative estimate of drug-likeness (QED) is 0.426. The molecule has 0 unspecified atom stereocenters. The molecular weight excluding hydrogens is 434 g/mol. The molecule has 1 aliphatic rings. The topological polar surface area (TPSA) is 122 Å². The fourth-order valence-corrected chi connectivity index (χ4v) is 3.74. The zero-order chi connectivity index (χ0) is 24.1. The van der Waals surface area contributed by atoms with Crippen molar-refractivity contribution >= 4 is 23.2 Å². The molecule has 0 bridgehead atoms. The third-order valence-electron chi connectivity index (χ3n) is 5.67. The number of nitrogens with two attached hydrogens (primary N) is 1. The fourth-order valence-electron chi connectivity index (χ4n) is 3.74. The zero-order valence-corrected chi connectivity index (χ0v) is 18.7. The van der Waals surface area contributed by atoms with Crippen LogP contribution in [0.1, 0.15) is 10.4 Å². The number of phenolic OH excluding ortho intramolecular Hbond substituents is 1. The van der Waals surface area contributed by atoms with E-state index in [9.17, 15) is 14.7 Å². The number of anilines is 2. The van der Waals surface area contributed by atoms with Gasteiger partial charge < -0.3 is 25.4 Å². The average Bonchev–Trinajstić information content (AvgIpc) is 2.88. The number of carbonyl (C=O) groups is 2. The molecule has 2 aromatic carbocycles. The minimum Gasteiger partial charge on any atom is -0.507 e. The van der Waals surface area contributed by atoms with Crippen molar-refractivity contribution in [1.29, 1.82) is 0 Å². The van der Waals surface area contributed by atoms with E-state index in [-0.39, 0.29) is 23.3 Å². The van der Waals surface area contributed by atoms with Crippen LogP contribution in [0.25, 0.3) is 11.3 Å². The van der Waals surface area contributed by atoms with Gasteiger partial charge in [-0.2, -0.15) is 0 Å². The molecule has 9 heteroatoms. The number of methoxy groups -OCH3 is 1. The van der Waals surface area contributed by atoms with Crippen LogP contribution in [0.5, 0.6) is 11.5 Å². The van der Waals surface area contributed by atoms with Gasteiger partial charge in [0.2, 0.25) is 5.91 Å². The molecule has 0 aliphatic carbocycles. The number of amides is 1. The van der Waals surface area contributed by atoms with Crippen LogP contribution in [0, 0.1) is 0 Å². The monoisotopic (exact) mass is 459 g/mol. The van der Waals surface area contributed by atoms with Gasteiger partial charge in [-0.1, -0.05) is 12.1 Å². The van der Waals surface area contributed by atoms with Gasteiger partial charge in [0.1, 0.15) is 11.5 Å². The number of hydrogen-bond acceptors (Lipinski definition) is 8. The Labute approximate surface area is 197 Å². The molecule has 0 radical (unpaired) electrons. The number of hydrogen-bond donors (Lipinski definition) is 2. The highest BCUT2D eigenvalue weighted by Crippen LogP contribution is 2.31. The highest BCUT2D eigenvalue weighted by atomic mass is 16.5. The number of aromatic nitrogens is 2. The van der Waals surface area contributed by atoms with E-state index in [1.54, 1.807) is 60.5 Å². The van der Waals surface area contributed by atoms with Gasteiger partial charge in [0, 0.05) is 43.4 Å². The van der Waals surface area contributed by atoms with Gasteiger partial charge in [-0.05, 0) is 48.5 Å². The highest BCUT2D eigenvalue weighted by Gasteiger charge is 2.23. The van der Waals surface area contributed by atoms with Crippen molar-refractivity contribution in [1.82, 2.24) is 15.1 Å². The number of benzene rings is 2. The molecule has 174 valence electrons. The van der Waals surface area contributed by atoms with Gasteiger partial charge in [-0.3, -0.25) is 9.59 Å². The summed E-state index contributed by atoms with van der Waals surface area (Å²) in [6.07, 6.45) is 2.60. The number of nitrogens with zero attached hydrogens (tertiary/aromatic N) is 4. The lowest BCUT2D eigenvalue weighted by Gasteiger charge is -2.35. The number of ether oxygens (including phenoxy) is 1. The molecule has 3 N–H and O–H groups in total. The summed E-state index contributed by atoms with van der Waals surface area (Å²) in [7, 11) is 1.56. The second-order valence-corrected chi connectivity index (χ2v) is 7.76. The summed E-state index contributed by atoms with van der Waals surface area (Å²) in [5.74, 6) is 0.578. The lowest BCUT2D eigenvalue weighted by Crippen LogP contribution is -2.48. The molecule has 34 heavy (non-hydrogen) atoms. The Hall–Kier alpha value is -4.40. The summed E-state index contributed by atoms with van der Waals surface area (Å²) in [5.41, 5.74) is 8.33. The van der Waals surface area contributed by atoms with E-state index < -0.39 is 0 Å². The molecule has 0 spiro atoms. The molecule has 1 saturated heterocycles. The molecule has 2 heterocycles. The lowest BCUT2D eigenvalue weighted by molar-refractivity contribution is -0.126. The van der Waals surface area contributed by atoms with Crippen molar-refractivity contribution in [2.24, 2.45) is 0 Å². The van der Waals surface area contributed by atoms with Crippen molar-refractivity contribution in [3.8, 4) is 22.8 Å². The van der Waals surface area contributed by atoms with E-state index in [4.69, 9.17) is 10.5 Å². The van der Waals surface area contributed by atoms with E-state index in [0.717, 1.165) is 0 Å². The zero-order valence-electron chi connectivity index (χ0n) is 18.7. The molecule has 1 amide bonds. The van der Waals surface area contributed by atoms with Crippen LogP contribution >= 0.6 is 0 Å². The van der Waals surface area contributed by atoms with Gasteiger partial charge in [0.25, 0.3) is 0 Å². The molecule has 1 fully saturated rings. The Morgan fingerprint density at radius 1 is 1.00 bits per heavy atom. The minimum atomic E-state index is -0.248. The first-order chi connectivity index (χ1) is 16.5. The number of ketones is 1. The fraction of sp³-hybridized carbons (Fsp3) is 0.200. The molecule has 4 rings (SSSR count). The lowest BCUT2D eigenvalue weighted by atomic mass is 10.1. The number of nitrogen functional groups attached to an aromatic ring is 1. The van der Waals surface area contributed by atoms with E-state index in [1.807, 2.05) is 11.0 Å². The summed E-state index contributed by atoms with van der Waals surface area (Å²) < 4.78 is 5.09. The van der Waals surface area contributed by atoms with Crippen LogP contribution in [-0.2, 0) is 4.79 Å². The molecule has 1 aromatic heterocycles. The van der Waals surface area contributed by atoms with Crippen LogP contribution in [0.15, 0.2) is 66.7 Å². The Bertz CT molecular complexity index is 1220. The number of rotatable bonds is 6. The maximum absolute atomic E-state index is 12.6. The van der Waals surface area contributed by atoms with Crippen LogP contribution in [0.3, 0.4) is 0 Å². The maximum atomic E-state index is 12.6. The number of para-hydroxylation sites is 1. The largest absolute Gasteiger partial charge is 0.507 e. The van der Waals surface area contributed by atoms with Crippen LogP contribution in [-0.4, -0.2) is 65.2 Å². The van der Waals surface area contributed by atoms with E-state index in [0.29, 0.717) is 54.4 Å². The van der Waals surface area contributed by atoms with Crippen LogP contribution in [0.4, 0.5) is 11.5 Å². The van der Waals surface area contributed by atoms with E-state index in [1.165, 1.54) is 12.2 Å². The third-order valence-corrected chi connectivity index (χ3v) is 5.67. The summed E-state index contributed by atoms with van der Waals surface area (Å²) >= 11 is 0. The average molecular weight is 460 g/mol. The standard InChI is InChI=1S/C25H25N5O4/c1-34-18-8-6-17(7-9-18)22(31)10-11-24(33)30-14-12-29(13-15-30)21-16-20(27-28-25(21)26)19-4-2-3-5-23(19)32/h2-11,16,32H,12-15H2,1H3,(H2,26,28)/b11-10+. The third kappa shape index (κ3) is 4.98. The Kier molecular flexibility index (Phi) is 6.72. The molecular formula is C25H25N5O4. The number of piperazine rings is 1. The highest BCUT2D eigenvalue weighted by molar-refractivity contribution is 6.07. The summed E-state index contributed by atoms with van der Waals surface area (Å²) in [5, 5.41) is 18.3. The van der Waals surface area contributed by atoms with Gasteiger partial charge in [-0.15, -0.1) is 10.2 Å². The summed E-state index contributed by atoms with van der Waals surface area (Å²) in [6, 6.07) is 15.4. The predicted octanol–water partition coefficient (Wildman–Crippen LogP) is 2.53. The first-order valence-electron chi connectivity index (χ1n) is 10.8. The Morgan fingerprint density at radius 3 is 2.38 bits per heavy atom. The second kappa shape index (κ2) is 10.0.